The molecule has 1 amide bonds. The van der Waals surface area contributed by atoms with E-state index in [1.165, 1.54) is 0 Å². The summed E-state index contributed by atoms with van der Waals surface area (Å²) in [5.74, 6) is 0.671. The summed E-state index contributed by atoms with van der Waals surface area (Å²) in [7, 11) is 0. The number of carbonyl (C=O) groups excluding carboxylic acids is 1. The van der Waals surface area contributed by atoms with Gasteiger partial charge in [-0.1, -0.05) is 6.07 Å². The van der Waals surface area contributed by atoms with Crippen LogP contribution in [0.15, 0.2) is 36.4 Å². The van der Waals surface area contributed by atoms with Gasteiger partial charge in [0.1, 0.15) is 0 Å². The van der Waals surface area contributed by atoms with E-state index in [0.29, 0.717) is 17.9 Å². The Balaban J connectivity index is 1.74. The standard InChI is InChI=1S/C16H19N5O/c1-11-5-6-15(20-19-11)18-14-4-2-3-12(9-14)16(22)21-8-7-13(17)10-21/h2-6,9,13H,7-8,10,17H2,1H3,(H,18,20). The topological polar surface area (TPSA) is 84.1 Å². The average Bonchev–Trinajstić information content (AvgIpc) is 2.96. The Labute approximate surface area is 129 Å². The van der Waals surface area contributed by atoms with Gasteiger partial charge in [-0.25, -0.2) is 0 Å². The molecule has 2 heterocycles. The van der Waals surface area contributed by atoms with Gasteiger partial charge in [0, 0.05) is 30.4 Å². The zero-order valence-corrected chi connectivity index (χ0v) is 12.5. The molecular weight excluding hydrogens is 278 g/mol. The number of anilines is 2. The molecule has 2 aromatic rings. The second kappa shape index (κ2) is 6.11. The van der Waals surface area contributed by atoms with E-state index in [2.05, 4.69) is 15.5 Å². The van der Waals surface area contributed by atoms with E-state index in [1.807, 2.05) is 43.3 Å². The van der Waals surface area contributed by atoms with Crippen LogP contribution in [0.3, 0.4) is 0 Å². The molecule has 1 atom stereocenters. The van der Waals surface area contributed by atoms with Gasteiger partial charge in [-0.15, -0.1) is 5.10 Å². The number of nitrogens with zero attached hydrogens (tertiary/aromatic N) is 3. The number of rotatable bonds is 3. The molecule has 1 fully saturated rings. The minimum absolute atomic E-state index is 0.0200. The highest BCUT2D eigenvalue weighted by molar-refractivity contribution is 5.95. The Morgan fingerprint density at radius 1 is 1.32 bits per heavy atom. The van der Waals surface area contributed by atoms with Crippen molar-refractivity contribution in [3.05, 3.63) is 47.7 Å². The van der Waals surface area contributed by atoms with Gasteiger partial charge in [0.2, 0.25) is 0 Å². The number of likely N-dealkylation sites (tertiary alicyclic amines) is 1. The van der Waals surface area contributed by atoms with Crippen LogP contribution < -0.4 is 11.1 Å². The monoisotopic (exact) mass is 297 g/mol. The quantitative estimate of drug-likeness (QED) is 0.901. The molecule has 1 unspecified atom stereocenters. The summed E-state index contributed by atoms with van der Waals surface area (Å²) < 4.78 is 0. The Morgan fingerprint density at radius 2 is 2.18 bits per heavy atom. The zero-order chi connectivity index (χ0) is 15.5. The fourth-order valence-electron chi connectivity index (χ4n) is 2.50. The zero-order valence-electron chi connectivity index (χ0n) is 12.5. The van der Waals surface area contributed by atoms with Gasteiger partial charge in [-0.05, 0) is 43.7 Å². The van der Waals surface area contributed by atoms with E-state index in [9.17, 15) is 4.79 Å². The van der Waals surface area contributed by atoms with E-state index >= 15 is 0 Å². The van der Waals surface area contributed by atoms with Crippen LogP contribution in [0.25, 0.3) is 0 Å². The minimum Gasteiger partial charge on any atom is -0.339 e. The van der Waals surface area contributed by atoms with Crippen LogP contribution in [0, 0.1) is 6.92 Å². The molecule has 6 heteroatoms. The molecular formula is C16H19N5O. The predicted octanol–water partition coefficient (Wildman–Crippen LogP) is 1.70. The lowest BCUT2D eigenvalue weighted by Crippen LogP contribution is -2.31. The molecule has 0 radical (unpaired) electrons. The molecule has 3 rings (SSSR count). The first-order chi connectivity index (χ1) is 10.6. The highest BCUT2D eigenvalue weighted by atomic mass is 16.2. The summed E-state index contributed by atoms with van der Waals surface area (Å²) in [4.78, 5) is 14.3. The van der Waals surface area contributed by atoms with Crippen molar-refractivity contribution in [3.63, 3.8) is 0 Å². The Bertz CT molecular complexity index is 670. The molecule has 0 bridgehead atoms. The molecule has 1 aromatic carbocycles. The van der Waals surface area contributed by atoms with Gasteiger partial charge in [-0.3, -0.25) is 4.79 Å². The van der Waals surface area contributed by atoms with E-state index in [4.69, 9.17) is 5.73 Å². The van der Waals surface area contributed by atoms with E-state index in [1.54, 1.807) is 4.90 Å². The van der Waals surface area contributed by atoms with Crippen molar-refractivity contribution in [1.29, 1.82) is 0 Å². The normalized spacial score (nSPS) is 17.5. The first-order valence-corrected chi connectivity index (χ1v) is 7.34. The van der Waals surface area contributed by atoms with Crippen molar-refractivity contribution in [1.82, 2.24) is 15.1 Å². The van der Waals surface area contributed by atoms with Crippen molar-refractivity contribution in [2.24, 2.45) is 5.73 Å². The first-order valence-electron chi connectivity index (χ1n) is 7.34. The molecule has 114 valence electrons. The summed E-state index contributed by atoms with van der Waals surface area (Å²) in [5, 5.41) is 11.2. The highest BCUT2D eigenvalue weighted by Crippen LogP contribution is 2.18. The van der Waals surface area contributed by atoms with Gasteiger partial charge in [0.05, 0.1) is 5.69 Å². The summed E-state index contributed by atoms with van der Waals surface area (Å²) >= 11 is 0. The van der Waals surface area contributed by atoms with Gasteiger partial charge in [0.15, 0.2) is 5.82 Å². The van der Waals surface area contributed by atoms with Crippen LogP contribution in [-0.4, -0.2) is 40.1 Å². The summed E-state index contributed by atoms with van der Waals surface area (Å²) in [5.41, 5.74) is 8.19. The maximum absolute atomic E-state index is 12.5. The van der Waals surface area contributed by atoms with Crippen molar-refractivity contribution < 1.29 is 4.79 Å². The summed E-state index contributed by atoms with van der Waals surface area (Å²) in [6.07, 6.45) is 0.864. The number of carbonyl (C=O) groups is 1. The molecule has 3 N–H and O–H groups in total. The molecule has 0 aliphatic carbocycles. The number of hydrogen-bond donors (Lipinski definition) is 2. The van der Waals surface area contributed by atoms with Crippen LogP contribution in [0.1, 0.15) is 22.5 Å². The third-order valence-corrected chi connectivity index (χ3v) is 3.69. The lowest BCUT2D eigenvalue weighted by molar-refractivity contribution is 0.0791. The molecule has 1 aromatic heterocycles. The molecule has 1 aliphatic heterocycles. The number of aryl methyl sites for hydroxylation is 1. The fourth-order valence-corrected chi connectivity index (χ4v) is 2.50. The summed E-state index contributed by atoms with van der Waals surface area (Å²) in [6, 6.07) is 11.2. The van der Waals surface area contributed by atoms with Crippen molar-refractivity contribution in [3.8, 4) is 0 Å². The largest absolute Gasteiger partial charge is 0.339 e. The molecule has 6 nitrogen and oxygen atoms in total. The molecule has 1 aliphatic rings. The second-order valence-electron chi connectivity index (χ2n) is 5.57. The molecule has 0 saturated carbocycles. The first kappa shape index (κ1) is 14.5. The smallest absolute Gasteiger partial charge is 0.253 e. The van der Waals surface area contributed by atoms with Gasteiger partial charge in [-0.2, -0.15) is 5.10 Å². The number of amides is 1. The number of nitrogens with one attached hydrogen (secondary N) is 1. The molecule has 22 heavy (non-hydrogen) atoms. The van der Waals surface area contributed by atoms with Crippen LogP contribution in [0.2, 0.25) is 0 Å². The van der Waals surface area contributed by atoms with Crippen molar-refractivity contribution >= 4 is 17.4 Å². The van der Waals surface area contributed by atoms with Crippen molar-refractivity contribution in [2.45, 2.75) is 19.4 Å². The van der Waals surface area contributed by atoms with E-state index < -0.39 is 0 Å². The van der Waals surface area contributed by atoms with Gasteiger partial charge in [0.25, 0.3) is 5.91 Å². The summed E-state index contributed by atoms with van der Waals surface area (Å²) in [6.45, 7) is 3.23. The lowest BCUT2D eigenvalue weighted by atomic mass is 10.1. The lowest BCUT2D eigenvalue weighted by Gasteiger charge is -2.16. The average molecular weight is 297 g/mol. The predicted molar refractivity (Wildman–Crippen MR) is 85.0 cm³/mol. The maximum atomic E-state index is 12.5. The maximum Gasteiger partial charge on any atom is 0.253 e. The highest BCUT2D eigenvalue weighted by Gasteiger charge is 2.24. The third kappa shape index (κ3) is 3.23. The second-order valence-corrected chi connectivity index (χ2v) is 5.57. The Hall–Kier alpha value is -2.47. The van der Waals surface area contributed by atoms with Crippen molar-refractivity contribution in [2.75, 3.05) is 18.4 Å². The number of nitrogens with two attached hydrogens (primary N) is 1. The van der Waals surface area contributed by atoms with Crippen LogP contribution in [0.5, 0.6) is 0 Å². The van der Waals surface area contributed by atoms with Crippen LogP contribution in [0.4, 0.5) is 11.5 Å². The van der Waals surface area contributed by atoms with Crippen LogP contribution in [-0.2, 0) is 0 Å². The number of benzene rings is 1. The van der Waals surface area contributed by atoms with Crippen LogP contribution >= 0.6 is 0 Å². The van der Waals surface area contributed by atoms with Gasteiger partial charge < -0.3 is 16.0 Å². The fraction of sp³-hybridized carbons (Fsp3) is 0.312. The van der Waals surface area contributed by atoms with Gasteiger partial charge >= 0.3 is 0 Å². The van der Waals surface area contributed by atoms with E-state index in [0.717, 1.165) is 24.3 Å². The molecule has 1 saturated heterocycles. The number of aromatic nitrogens is 2. The third-order valence-electron chi connectivity index (χ3n) is 3.69. The molecule has 0 spiro atoms. The Kier molecular flexibility index (Phi) is 4.02. The van der Waals surface area contributed by atoms with E-state index in [-0.39, 0.29) is 11.9 Å². The number of hydrogen-bond acceptors (Lipinski definition) is 5. The SMILES string of the molecule is Cc1ccc(Nc2cccc(C(=O)N3CCC(N)C3)c2)nn1. The minimum atomic E-state index is 0.0200. The Morgan fingerprint density at radius 3 is 2.86 bits per heavy atom.